The Morgan fingerprint density at radius 1 is 1.03 bits per heavy atom. The van der Waals surface area contributed by atoms with E-state index in [0.717, 1.165) is 59.3 Å². The summed E-state index contributed by atoms with van der Waals surface area (Å²) in [4.78, 5) is 15.0. The molecule has 2 heterocycles. The zero-order valence-electron chi connectivity index (χ0n) is 18.3. The molecule has 1 aliphatic rings. The highest BCUT2D eigenvalue weighted by atomic mass is 16.5. The lowest BCUT2D eigenvalue weighted by Crippen LogP contribution is -2.40. The Hall–Kier alpha value is -2.99. The quantitative estimate of drug-likeness (QED) is 0.512. The van der Waals surface area contributed by atoms with Crippen molar-refractivity contribution in [3.63, 3.8) is 0 Å². The van der Waals surface area contributed by atoms with Crippen molar-refractivity contribution in [2.45, 2.75) is 25.8 Å². The number of unbranched alkanes of at least 4 members (excludes halogenated alkanes) is 1. The first-order chi connectivity index (χ1) is 15.2. The largest absolute Gasteiger partial charge is 0.497 e. The number of morpholine rings is 1. The summed E-state index contributed by atoms with van der Waals surface area (Å²) in [6.45, 7) is 3.39. The molecule has 0 bridgehead atoms. The molecule has 6 heteroatoms. The Kier molecular flexibility index (Phi) is 6.77. The summed E-state index contributed by atoms with van der Waals surface area (Å²) in [7, 11) is 3.38. The lowest BCUT2D eigenvalue weighted by molar-refractivity contribution is 0.0304. The first kappa shape index (κ1) is 21.2. The van der Waals surface area contributed by atoms with Crippen molar-refractivity contribution in [3.05, 3.63) is 59.8 Å². The number of carbonyl (C=O) groups is 1. The van der Waals surface area contributed by atoms with Gasteiger partial charge in [0.1, 0.15) is 11.5 Å². The van der Waals surface area contributed by atoms with Gasteiger partial charge < -0.3 is 23.7 Å². The van der Waals surface area contributed by atoms with Crippen molar-refractivity contribution in [2.75, 3.05) is 40.5 Å². The Balaban J connectivity index is 1.45. The van der Waals surface area contributed by atoms with E-state index in [1.165, 1.54) is 0 Å². The van der Waals surface area contributed by atoms with Crippen LogP contribution in [0.25, 0.3) is 10.9 Å². The van der Waals surface area contributed by atoms with Crippen molar-refractivity contribution in [1.82, 2.24) is 9.47 Å². The molecular formula is C25H30N2O4. The van der Waals surface area contributed by atoms with E-state index in [2.05, 4.69) is 10.6 Å². The first-order valence-corrected chi connectivity index (χ1v) is 10.9. The van der Waals surface area contributed by atoms with Gasteiger partial charge in [-0.3, -0.25) is 4.79 Å². The molecule has 1 amide bonds. The Bertz CT molecular complexity index is 1040. The summed E-state index contributed by atoms with van der Waals surface area (Å²) in [6.07, 6.45) is 4.96. The topological polar surface area (TPSA) is 52.9 Å². The molecule has 2 aromatic carbocycles. The number of nitrogens with zero attached hydrogens (tertiary/aromatic N) is 2. The second-order valence-corrected chi connectivity index (χ2v) is 7.79. The number of fused-ring (bicyclic) bond motifs is 1. The third-order valence-corrected chi connectivity index (χ3v) is 5.90. The van der Waals surface area contributed by atoms with Crippen LogP contribution in [0.15, 0.2) is 48.7 Å². The molecule has 0 saturated carbocycles. The summed E-state index contributed by atoms with van der Waals surface area (Å²) >= 11 is 0. The van der Waals surface area contributed by atoms with Crippen LogP contribution in [0.1, 0.15) is 28.8 Å². The van der Waals surface area contributed by atoms with Crippen LogP contribution in [0.2, 0.25) is 0 Å². The van der Waals surface area contributed by atoms with Crippen molar-refractivity contribution < 1.29 is 19.0 Å². The zero-order valence-corrected chi connectivity index (χ0v) is 18.3. The molecule has 1 aromatic heterocycles. The number of para-hydroxylation sites is 1. The third kappa shape index (κ3) is 4.69. The van der Waals surface area contributed by atoms with E-state index in [4.69, 9.17) is 14.2 Å². The monoisotopic (exact) mass is 422 g/mol. The minimum absolute atomic E-state index is 0.0966. The second-order valence-electron chi connectivity index (χ2n) is 7.79. The van der Waals surface area contributed by atoms with Crippen LogP contribution in [0.3, 0.4) is 0 Å². The van der Waals surface area contributed by atoms with Gasteiger partial charge in [0.2, 0.25) is 0 Å². The molecule has 1 fully saturated rings. The molecule has 0 N–H and O–H groups in total. The van der Waals surface area contributed by atoms with Crippen LogP contribution in [0.5, 0.6) is 11.5 Å². The molecule has 0 atom stereocenters. The maximum absolute atomic E-state index is 13.1. The molecule has 164 valence electrons. The number of hydrogen-bond donors (Lipinski definition) is 0. The standard InChI is InChI=1S/C25H30N2O4/c1-29-20-10-11-24(30-2)19(17-20)7-5-6-12-27-18-22(21-8-3-4-9-23(21)27)25(28)26-13-15-31-16-14-26/h3-4,8-11,17-18H,5-7,12-16H2,1-2H3. The van der Waals surface area contributed by atoms with E-state index in [1.807, 2.05) is 47.5 Å². The van der Waals surface area contributed by atoms with Crippen molar-refractivity contribution in [3.8, 4) is 11.5 Å². The van der Waals surface area contributed by atoms with Gasteiger partial charge in [-0.15, -0.1) is 0 Å². The van der Waals surface area contributed by atoms with Gasteiger partial charge in [0.25, 0.3) is 5.91 Å². The van der Waals surface area contributed by atoms with E-state index in [-0.39, 0.29) is 5.91 Å². The van der Waals surface area contributed by atoms with Gasteiger partial charge in [-0.25, -0.2) is 0 Å². The van der Waals surface area contributed by atoms with Crippen molar-refractivity contribution in [1.29, 1.82) is 0 Å². The highest BCUT2D eigenvalue weighted by molar-refractivity contribution is 6.07. The number of hydrogen-bond acceptors (Lipinski definition) is 4. The second kappa shape index (κ2) is 9.88. The highest BCUT2D eigenvalue weighted by Gasteiger charge is 2.22. The van der Waals surface area contributed by atoms with E-state index in [1.54, 1.807) is 14.2 Å². The van der Waals surface area contributed by atoms with E-state index in [9.17, 15) is 4.79 Å². The van der Waals surface area contributed by atoms with Crippen LogP contribution in [0.4, 0.5) is 0 Å². The lowest BCUT2D eigenvalue weighted by Gasteiger charge is -2.26. The highest BCUT2D eigenvalue weighted by Crippen LogP contribution is 2.27. The summed E-state index contributed by atoms with van der Waals surface area (Å²) < 4.78 is 18.5. The van der Waals surface area contributed by atoms with Gasteiger partial charge in [0, 0.05) is 36.7 Å². The number of rotatable bonds is 8. The Morgan fingerprint density at radius 2 is 1.84 bits per heavy atom. The fraction of sp³-hybridized carbons (Fsp3) is 0.400. The van der Waals surface area contributed by atoms with Gasteiger partial charge in [-0.05, 0) is 49.1 Å². The molecule has 1 aliphatic heterocycles. The minimum atomic E-state index is 0.0966. The number of aryl methyl sites for hydroxylation is 2. The fourth-order valence-corrected chi connectivity index (χ4v) is 4.21. The number of carbonyl (C=O) groups excluding carboxylic acids is 1. The average molecular weight is 423 g/mol. The van der Waals surface area contributed by atoms with E-state index < -0.39 is 0 Å². The zero-order chi connectivity index (χ0) is 21.6. The smallest absolute Gasteiger partial charge is 0.256 e. The van der Waals surface area contributed by atoms with Gasteiger partial charge >= 0.3 is 0 Å². The van der Waals surface area contributed by atoms with Crippen molar-refractivity contribution >= 4 is 16.8 Å². The van der Waals surface area contributed by atoms with Crippen molar-refractivity contribution in [2.24, 2.45) is 0 Å². The summed E-state index contributed by atoms with van der Waals surface area (Å²) in [5.74, 6) is 1.84. The lowest BCUT2D eigenvalue weighted by atomic mass is 10.1. The number of methoxy groups -OCH3 is 2. The fourth-order valence-electron chi connectivity index (χ4n) is 4.21. The number of amides is 1. The predicted molar refractivity (Wildman–Crippen MR) is 121 cm³/mol. The maximum atomic E-state index is 13.1. The van der Waals surface area contributed by atoms with Crippen LogP contribution >= 0.6 is 0 Å². The SMILES string of the molecule is COc1ccc(OC)c(CCCCn2cc(C(=O)N3CCOCC3)c3ccccc32)c1. The molecule has 4 rings (SSSR count). The van der Waals surface area contributed by atoms with Crippen LogP contribution in [-0.2, 0) is 17.7 Å². The molecule has 3 aromatic rings. The molecule has 0 radical (unpaired) electrons. The number of aromatic nitrogens is 1. The predicted octanol–water partition coefficient (Wildman–Crippen LogP) is 4.15. The van der Waals surface area contributed by atoms with Gasteiger partial charge in [-0.2, -0.15) is 0 Å². The normalized spacial score (nSPS) is 14.1. The Morgan fingerprint density at radius 3 is 2.61 bits per heavy atom. The molecule has 6 nitrogen and oxygen atoms in total. The Labute approximate surface area is 183 Å². The molecular weight excluding hydrogens is 392 g/mol. The average Bonchev–Trinajstić information content (AvgIpc) is 3.20. The minimum Gasteiger partial charge on any atom is -0.497 e. The van der Waals surface area contributed by atoms with Crippen LogP contribution in [0, 0.1) is 0 Å². The van der Waals surface area contributed by atoms with E-state index in [0.29, 0.717) is 26.3 Å². The summed E-state index contributed by atoms with van der Waals surface area (Å²) in [5.41, 5.74) is 3.05. The molecule has 0 unspecified atom stereocenters. The summed E-state index contributed by atoms with van der Waals surface area (Å²) in [6, 6.07) is 14.1. The van der Waals surface area contributed by atoms with Gasteiger partial charge in [0.05, 0.1) is 33.0 Å². The molecule has 1 saturated heterocycles. The van der Waals surface area contributed by atoms with Gasteiger partial charge in [0.15, 0.2) is 0 Å². The number of benzene rings is 2. The summed E-state index contributed by atoms with van der Waals surface area (Å²) in [5, 5.41) is 1.02. The van der Waals surface area contributed by atoms with Crippen LogP contribution in [-0.4, -0.2) is 55.9 Å². The number of ether oxygens (including phenoxy) is 3. The molecule has 0 aliphatic carbocycles. The van der Waals surface area contributed by atoms with E-state index >= 15 is 0 Å². The molecule has 0 spiro atoms. The maximum Gasteiger partial charge on any atom is 0.256 e. The third-order valence-electron chi connectivity index (χ3n) is 5.90. The van der Waals surface area contributed by atoms with Gasteiger partial charge in [-0.1, -0.05) is 18.2 Å². The molecule has 31 heavy (non-hydrogen) atoms. The van der Waals surface area contributed by atoms with Crippen LogP contribution < -0.4 is 9.47 Å². The first-order valence-electron chi connectivity index (χ1n) is 10.9.